The molecule has 0 aliphatic carbocycles. The van der Waals surface area contributed by atoms with Crippen LogP contribution < -0.4 is 5.32 Å². The fourth-order valence-electron chi connectivity index (χ4n) is 2.94. The van der Waals surface area contributed by atoms with Gasteiger partial charge in [-0.1, -0.05) is 13.8 Å². The van der Waals surface area contributed by atoms with E-state index < -0.39 is 10.0 Å². The van der Waals surface area contributed by atoms with E-state index in [1.54, 1.807) is 17.4 Å². The minimum atomic E-state index is -3.54. The quantitative estimate of drug-likeness (QED) is 0.874. The molecule has 1 aliphatic heterocycles. The molecular formula is C14H23BrN2O3S. The van der Waals surface area contributed by atoms with Crippen LogP contribution in [0.25, 0.3) is 0 Å². The Kier molecular flexibility index (Phi) is 5.18. The van der Waals surface area contributed by atoms with Gasteiger partial charge in [0.05, 0.1) is 6.54 Å². The number of nitrogens with zero attached hydrogens (tertiary/aromatic N) is 1. The molecule has 5 nitrogen and oxygen atoms in total. The number of hydrogen-bond acceptors (Lipinski definition) is 4. The van der Waals surface area contributed by atoms with Gasteiger partial charge >= 0.3 is 0 Å². The summed E-state index contributed by atoms with van der Waals surface area (Å²) in [6.07, 6.45) is 1.06. The van der Waals surface area contributed by atoms with Crippen LogP contribution in [0.15, 0.2) is 20.0 Å². The summed E-state index contributed by atoms with van der Waals surface area (Å²) >= 11 is 3.24. The number of sulfonamides is 1. The molecular weight excluding hydrogens is 356 g/mol. The van der Waals surface area contributed by atoms with Crippen LogP contribution in [0, 0.1) is 11.8 Å². The third kappa shape index (κ3) is 3.36. The maximum absolute atomic E-state index is 12.9. The molecule has 21 heavy (non-hydrogen) atoms. The van der Waals surface area contributed by atoms with Gasteiger partial charge in [0.1, 0.15) is 10.7 Å². The van der Waals surface area contributed by atoms with Crippen LogP contribution in [0.3, 0.4) is 0 Å². The molecule has 3 atom stereocenters. The predicted molar refractivity (Wildman–Crippen MR) is 85.5 cm³/mol. The number of nitrogens with one attached hydrogen (secondary N) is 1. The summed E-state index contributed by atoms with van der Waals surface area (Å²) in [5.41, 5.74) is 0. The van der Waals surface area contributed by atoms with Gasteiger partial charge in [-0.15, -0.1) is 0 Å². The topological polar surface area (TPSA) is 62.6 Å². The molecule has 1 aliphatic rings. The maximum Gasteiger partial charge on any atom is 0.247 e. The first-order chi connectivity index (χ1) is 9.77. The van der Waals surface area contributed by atoms with Gasteiger partial charge in [0.2, 0.25) is 10.0 Å². The van der Waals surface area contributed by atoms with Gasteiger partial charge in [0, 0.05) is 18.7 Å². The van der Waals surface area contributed by atoms with E-state index in [4.69, 9.17) is 4.42 Å². The van der Waals surface area contributed by atoms with Crippen molar-refractivity contribution in [2.45, 2.75) is 44.7 Å². The molecule has 2 rings (SSSR count). The van der Waals surface area contributed by atoms with Gasteiger partial charge in [-0.25, -0.2) is 8.42 Å². The standard InChI is InChI=1S/C14H23BrN2O3S/c1-9-5-10(2)11(3)17(8-9)21(18,19)13-6-12(7-16-4)20-14(13)15/h6,9-11,16H,5,7-8H2,1-4H3. The van der Waals surface area contributed by atoms with Crippen molar-refractivity contribution < 1.29 is 12.8 Å². The largest absolute Gasteiger partial charge is 0.452 e. The smallest absolute Gasteiger partial charge is 0.247 e. The molecule has 2 heterocycles. The first kappa shape index (κ1) is 17.0. The lowest BCUT2D eigenvalue weighted by molar-refractivity contribution is 0.157. The summed E-state index contributed by atoms with van der Waals surface area (Å²) in [6, 6.07) is 1.60. The van der Waals surface area contributed by atoms with Gasteiger partial charge in [-0.2, -0.15) is 4.31 Å². The van der Waals surface area contributed by atoms with Crippen molar-refractivity contribution in [2.24, 2.45) is 11.8 Å². The SMILES string of the molecule is CNCc1cc(S(=O)(=O)N2CC(C)CC(C)C2C)c(Br)o1. The van der Waals surface area contributed by atoms with Crippen LogP contribution in [0.4, 0.5) is 0 Å². The molecule has 1 aromatic heterocycles. The Morgan fingerprint density at radius 2 is 2.10 bits per heavy atom. The first-order valence-electron chi connectivity index (χ1n) is 7.22. The van der Waals surface area contributed by atoms with Crippen LogP contribution >= 0.6 is 15.9 Å². The first-order valence-corrected chi connectivity index (χ1v) is 9.45. The molecule has 0 saturated carbocycles. The van der Waals surface area contributed by atoms with Crippen LogP contribution in [0.5, 0.6) is 0 Å². The Balaban J connectivity index is 2.36. The van der Waals surface area contributed by atoms with E-state index in [1.807, 2.05) is 6.92 Å². The highest BCUT2D eigenvalue weighted by Gasteiger charge is 2.39. The monoisotopic (exact) mass is 378 g/mol. The minimum Gasteiger partial charge on any atom is -0.452 e. The van der Waals surface area contributed by atoms with Crippen molar-refractivity contribution in [3.63, 3.8) is 0 Å². The van der Waals surface area contributed by atoms with E-state index >= 15 is 0 Å². The molecule has 1 aromatic rings. The molecule has 0 aromatic carbocycles. The predicted octanol–water partition coefficient (Wildman–Crippen LogP) is 2.82. The third-order valence-electron chi connectivity index (χ3n) is 4.19. The fraction of sp³-hybridized carbons (Fsp3) is 0.714. The van der Waals surface area contributed by atoms with Crippen LogP contribution in [-0.2, 0) is 16.6 Å². The lowest BCUT2D eigenvalue weighted by atomic mass is 9.88. The van der Waals surface area contributed by atoms with E-state index in [9.17, 15) is 8.42 Å². The zero-order valence-corrected chi connectivity index (χ0v) is 15.3. The fourth-order valence-corrected chi connectivity index (χ4v) is 5.75. The van der Waals surface area contributed by atoms with E-state index in [0.717, 1.165) is 6.42 Å². The molecule has 7 heteroatoms. The summed E-state index contributed by atoms with van der Waals surface area (Å²) in [7, 11) is -1.75. The zero-order chi connectivity index (χ0) is 15.8. The van der Waals surface area contributed by atoms with Gasteiger partial charge in [0.25, 0.3) is 0 Å². The van der Waals surface area contributed by atoms with E-state index in [0.29, 0.717) is 30.7 Å². The lowest BCUT2D eigenvalue weighted by Gasteiger charge is -2.39. The Morgan fingerprint density at radius 3 is 2.71 bits per heavy atom. The van der Waals surface area contributed by atoms with Gasteiger partial charge in [-0.3, -0.25) is 0 Å². The Morgan fingerprint density at radius 1 is 1.43 bits per heavy atom. The normalized spacial score (nSPS) is 28.0. The Hall–Kier alpha value is -0.370. The molecule has 120 valence electrons. The highest BCUT2D eigenvalue weighted by molar-refractivity contribution is 9.10. The van der Waals surface area contributed by atoms with E-state index in [2.05, 4.69) is 35.1 Å². The second kappa shape index (κ2) is 6.40. The summed E-state index contributed by atoms with van der Waals surface area (Å²) < 4.78 is 33.3. The zero-order valence-electron chi connectivity index (χ0n) is 12.9. The number of piperidine rings is 1. The number of halogens is 1. The van der Waals surface area contributed by atoms with Crippen molar-refractivity contribution in [2.75, 3.05) is 13.6 Å². The number of furan rings is 1. The van der Waals surface area contributed by atoms with E-state index in [1.165, 1.54) is 0 Å². The molecule has 1 saturated heterocycles. The van der Waals surface area contributed by atoms with Crippen molar-refractivity contribution in [3.8, 4) is 0 Å². The molecule has 0 radical (unpaired) electrons. The Bertz CT molecular complexity index is 599. The van der Waals surface area contributed by atoms with Gasteiger partial charge in [-0.05, 0) is 48.2 Å². The molecule has 1 fully saturated rings. The van der Waals surface area contributed by atoms with Crippen molar-refractivity contribution >= 4 is 26.0 Å². The third-order valence-corrected chi connectivity index (χ3v) is 7.00. The maximum atomic E-state index is 12.9. The number of rotatable bonds is 4. The van der Waals surface area contributed by atoms with Crippen LogP contribution in [0.2, 0.25) is 0 Å². The highest BCUT2D eigenvalue weighted by Crippen LogP contribution is 2.35. The van der Waals surface area contributed by atoms with Gasteiger partial charge < -0.3 is 9.73 Å². The molecule has 1 N–H and O–H groups in total. The summed E-state index contributed by atoms with van der Waals surface area (Å²) in [5.74, 6) is 1.33. The second-order valence-corrected chi connectivity index (χ2v) is 8.59. The average Bonchev–Trinajstić information content (AvgIpc) is 2.76. The van der Waals surface area contributed by atoms with Crippen molar-refractivity contribution in [1.29, 1.82) is 0 Å². The molecule has 0 spiro atoms. The second-order valence-electron chi connectivity index (χ2n) is 6.01. The summed E-state index contributed by atoms with van der Waals surface area (Å²) in [4.78, 5) is 0.223. The van der Waals surface area contributed by atoms with Crippen LogP contribution in [-0.4, -0.2) is 32.4 Å². The highest BCUT2D eigenvalue weighted by atomic mass is 79.9. The number of hydrogen-bond donors (Lipinski definition) is 1. The summed E-state index contributed by atoms with van der Waals surface area (Å²) in [6.45, 7) is 7.25. The Labute approximate surface area is 135 Å². The van der Waals surface area contributed by atoms with Gasteiger partial charge in [0.15, 0.2) is 4.67 Å². The summed E-state index contributed by atoms with van der Waals surface area (Å²) in [5, 5.41) is 2.96. The minimum absolute atomic E-state index is 0.000695. The molecule has 3 unspecified atom stereocenters. The molecule has 0 amide bonds. The van der Waals surface area contributed by atoms with Crippen molar-refractivity contribution in [1.82, 2.24) is 9.62 Å². The van der Waals surface area contributed by atoms with Crippen LogP contribution in [0.1, 0.15) is 33.0 Å². The van der Waals surface area contributed by atoms with Crippen molar-refractivity contribution in [3.05, 3.63) is 16.5 Å². The molecule has 0 bridgehead atoms. The lowest BCUT2D eigenvalue weighted by Crippen LogP contribution is -2.48. The van der Waals surface area contributed by atoms with E-state index in [-0.39, 0.29) is 15.6 Å². The average molecular weight is 379 g/mol.